The second kappa shape index (κ2) is 6.77. The molecule has 6 nitrogen and oxygen atoms in total. The standard InChI is InChI=1S/C13H14BrFN4O2/c1-2-21-13(20)12-11(6-16)19(18-17-12)7-8-5-9(14)3-4-10(8)15/h3-5H,2,6-7,16H2,1H3. The van der Waals surface area contributed by atoms with E-state index in [9.17, 15) is 9.18 Å². The quantitative estimate of drug-likeness (QED) is 0.826. The summed E-state index contributed by atoms with van der Waals surface area (Å²) >= 11 is 3.28. The van der Waals surface area contributed by atoms with Gasteiger partial charge in [0, 0.05) is 16.6 Å². The van der Waals surface area contributed by atoms with Crippen molar-refractivity contribution in [2.45, 2.75) is 20.0 Å². The Hall–Kier alpha value is -1.80. The van der Waals surface area contributed by atoms with Crippen molar-refractivity contribution in [1.29, 1.82) is 0 Å². The van der Waals surface area contributed by atoms with E-state index in [4.69, 9.17) is 10.5 Å². The first-order chi connectivity index (χ1) is 10.1. The van der Waals surface area contributed by atoms with Crippen LogP contribution in [-0.2, 0) is 17.8 Å². The van der Waals surface area contributed by atoms with Gasteiger partial charge >= 0.3 is 5.97 Å². The molecule has 8 heteroatoms. The van der Waals surface area contributed by atoms with Gasteiger partial charge in [-0.25, -0.2) is 13.9 Å². The van der Waals surface area contributed by atoms with Gasteiger partial charge in [0.2, 0.25) is 0 Å². The predicted octanol–water partition coefficient (Wildman–Crippen LogP) is 1.86. The van der Waals surface area contributed by atoms with Crippen LogP contribution < -0.4 is 5.73 Å². The lowest BCUT2D eigenvalue weighted by atomic mass is 10.2. The monoisotopic (exact) mass is 356 g/mol. The lowest BCUT2D eigenvalue weighted by Gasteiger charge is -2.07. The van der Waals surface area contributed by atoms with Crippen LogP contribution in [0.2, 0.25) is 0 Å². The number of esters is 1. The molecule has 0 fully saturated rings. The summed E-state index contributed by atoms with van der Waals surface area (Å²) in [5.41, 5.74) is 6.53. The Bertz CT molecular complexity index is 660. The van der Waals surface area contributed by atoms with Crippen LogP contribution in [0.4, 0.5) is 4.39 Å². The summed E-state index contributed by atoms with van der Waals surface area (Å²) < 4.78 is 20.8. The number of aromatic nitrogens is 3. The van der Waals surface area contributed by atoms with Crippen LogP contribution in [0.15, 0.2) is 22.7 Å². The number of hydrogen-bond acceptors (Lipinski definition) is 5. The lowest BCUT2D eigenvalue weighted by molar-refractivity contribution is 0.0518. The van der Waals surface area contributed by atoms with Crippen LogP contribution in [-0.4, -0.2) is 27.6 Å². The first kappa shape index (κ1) is 15.6. The van der Waals surface area contributed by atoms with Crippen LogP contribution >= 0.6 is 15.9 Å². The highest BCUT2D eigenvalue weighted by Gasteiger charge is 2.20. The SMILES string of the molecule is CCOC(=O)c1nnn(Cc2cc(Br)ccc2F)c1CN. The van der Waals surface area contributed by atoms with Gasteiger partial charge in [0.25, 0.3) is 0 Å². The van der Waals surface area contributed by atoms with Crippen molar-refractivity contribution >= 4 is 21.9 Å². The van der Waals surface area contributed by atoms with Crippen molar-refractivity contribution in [3.8, 4) is 0 Å². The molecule has 2 N–H and O–H groups in total. The van der Waals surface area contributed by atoms with Gasteiger partial charge < -0.3 is 10.5 Å². The first-order valence-corrected chi connectivity index (χ1v) is 7.09. The largest absolute Gasteiger partial charge is 0.461 e. The highest BCUT2D eigenvalue weighted by Crippen LogP contribution is 2.17. The molecule has 0 amide bonds. The maximum absolute atomic E-state index is 13.8. The minimum absolute atomic E-state index is 0.0524. The molecule has 0 saturated heterocycles. The molecule has 2 aromatic rings. The average Bonchev–Trinajstić information content (AvgIpc) is 2.86. The number of nitrogens with two attached hydrogens (primary N) is 1. The number of rotatable bonds is 5. The van der Waals surface area contributed by atoms with Gasteiger partial charge in [-0.05, 0) is 25.1 Å². The Morgan fingerprint density at radius 1 is 1.52 bits per heavy atom. The maximum atomic E-state index is 13.8. The van der Waals surface area contributed by atoms with Crippen LogP contribution in [0.5, 0.6) is 0 Å². The highest BCUT2D eigenvalue weighted by atomic mass is 79.9. The summed E-state index contributed by atoms with van der Waals surface area (Å²) in [7, 11) is 0. The molecule has 0 saturated carbocycles. The molecule has 1 heterocycles. The molecular formula is C13H14BrFN4O2. The molecule has 0 atom stereocenters. The topological polar surface area (TPSA) is 83.0 Å². The highest BCUT2D eigenvalue weighted by molar-refractivity contribution is 9.10. The average molecular weight is 357 g/mol. The van der Waals surface area contributed by atoms with Crippen LogP contribution in [0.1, 0.15) is 28.7 Å². The molecule has 1 aromatic heterocycles. The van der Waals surface area contributed by atoms with Crippen LogP contribution in [0.25, 0.3) is 0 Å². The Kier molecular flexibility index (Phi) is 5.03. The second-order valence-corrected chi connectivity index (χ2v) is 5.12. The van der Waals surface area contributed by atoms with Crippen molar-refractivity contribution in [2.24, 2.45) is 5.73 Å². The number of benzene rings is 1. The van der Waals surface area contributed by atoms with Crippen molar-refractivity contribution < 1.29 is 13.9 Å². The van der Waals surface area contributed by atoms with Crippen molar-refractivity contribution in [2.75, 3.05) is 6.61 Å². The smallest absolute Gasteiger partial charge is 0.360 e. The molecule has 0 aliphatic rings. The lowest BCUT2D eigenvalue weighted by Crippen LogP contribution is -2.15. The van der Waals surface area contributed by atoms with E-state index in [0.29, 0.717) is 11.3 Å². The molecular weight excluding hydrogens is 343 g/mol. The Labute approximate surface area is 129 Å². The maximum Gasteiger partial charge on any atom is 0.360 e. The zero-order valence-corrected chi connectivity index (χ0v) is 12.9. The van der Waals surface area contributed by atoms with Gasteiger partial charge in [-0.1, -0.05) is 21.1 Å². The fourth-order valence-corrected chi connectivity index (χ4v) is 2.25. The molecule has 0 aliphatic carbocycles. The van der Waals surface area contributed by atoms with Crippen LogP contribution in [0.3, 0.4) is 0 Å². The molecule has 0 aliphatic heterocycles. The zero-order valence-electron chi connectivity index (χ0n) is 11.3. The third kappa shape index (κ3) is 3.45. The van der Waals surface area contributed by atoms with E-state index in [0.717, 1.165) is 4.47 Å². The summed E-state index contributed by atoms with van der Waals surface area (Å²) in [4.78, 5) is 11.7. The van der Waals surface area contributed by atoms with E-state index in [1.807, 2.05) is 0 Å². The molecule has 0 unspecified atom stereocenters. The predicted molar refractivity (Wildman–Crippen MR) is 77.1 cm³/mol. The second-order valence-electron chi connectivity index (χ2n) is 4.20. The number of carbonyl (C=O) groups excluding carboxylic acids is 1. The van der Waals surface area contributed by atoms with E-state index in [2.05, 4.69) is 26.2 Å². The number of halogens is 2. The number of nitrogens with zero attached hydrogens (tertiary/aromatic N) is 3. The summed E-state index contributed by atoms with van der Waals surface area (Å²) in [5.74, 6) is -0.951. The van der Waals surface area contributed by atoms with Crippen molar-refractivity contribution in [3.63, 3.8) is 0 Å². The first-order valence-electron chi connectivity index (χ1n) is 6.30. The molecule has 2 rings (SSSR count). The molecule has 0 bridgehead atoms. The molecule has 0 spiro atoms. The minimum Gasteiger partial charge on any atom is -0.461 e. The van der Waals surface area contributed by atoms with Gasteiger partial charge in [-0.15, -0.1) is 5.10 Å². The molecule has 1 aromatic carbocycles. The van der Waals surface area contributed by atoms with E-state index in [-0.39, 0.29) is 31.2 Å². The van der Waals surface area contributed by atoms with Crippen LogP contribution in [0, 0.1) is 5.82 Å². The molecule has 112 valence electrons. The number of ether oxygens (including phenoxy) is 1. The van der Waals surface area contributed by atoms with E-state index in [1.165, 1.54) is 10.7 Å². The van der Waals surface area contributed by atoms with Gasteiger partial charge in [-0.2, -0.15) is 0 Å². The molecule has 0 radical (unpaired) electrons. The Morgan fingerprint density at radius 3 is 2.95 bits per heavy atom. The van der Waals surface area contributed by atoms with E-state index < -0.39 is 5.97 Å². The fourth-order valence-electron chi connectivity index (χ4n) is 1.85. The fraction of sp³-hybridized carbons (Fsp3) is 0.308. The van der Waals surface area contributed by atoms with Crippen molar-refractivity contribution in [1.82, 2.24) is 15.0 Å². The minimum atomic E-state index is -0.584. The number of hydrogen-bond donors (Lipinski definition) is 1. The molecule has 21 heavy (non-hydrogen) atoms. The Morgan fingerprint density at radius 2 is 2.29 bits per heavy atom. The van der Waals surface area contributed by atoms with Gasteiger partial charge in [0.05, 0.1) is 18.8 Å². The van der Waals surface area contributed by atoms with Crippen molar-refractivity contribution in [3.05, 3.63) is 45.4 Å². The third-order valence-corrected chi connectivity index (χ3v) is 3.32. The number of carbonyl (C=O) groups is 1. The summed E-state index contributed by atoms with van der Waals surface area (Å²) in [6.07, 6.45) is 0. The van der Waals surface area contributed by atoms with E-state index in [1.54, 1.807) is 19.1 Å². The normalized spacial score (nSPS) is 10.7. The Balaban J connectivity index is 2.32. The zero-order chi connectivity index (χ0) is 15.4. The van der Waals surface area contributed by atoms with Gasteiger partial charge in [0.15, 0.2) is 5.69 Å². The summed E-state index contributed by atoms with van der Waals surface area (Å²) in [6, 6.07) is 4.60. The summed E-state index contributed by atoms with van der Waals surface area (Å²) in [5, 5.41) is 7.64. The summed E-state index contributed by atoms with van der Waals surface area (Å²) in [6.45, 7) is 2.11. The van der Waals surface area contributed by atoms with E-state index >= 15 is 0 Å². The van der Waals surface area contributed by atoms with Gasteiger partial charge in [-0.3, -0.25) is 0 Å². The third-order valence-electron chi connectivity index (χ3n) is 2.83. The van der Waals surface area contributed by atoms with Gasteiger partial charge in [0.1, 0.15) is 5.82 Å².